The summed E-state index contributed by atoms with van der Waals surface area (Å²) in [6.07, 6.45) is 0.869. The maximum atomic E-state index is 12.6. The molecule has 0 aliphatic carbocycles. The molecule has 2 aliphatic rings. The van der Waals surface area contributed by atoms with Crippen molar-refractivity contribution in [3.05, 3.63) is 29.8 Å². The first-order chi connectivity index (χ1) is 10.6. The number of carbonyl (C=O) groups is 3. The fourth-order valence-electron chi connectivity index (χ4n) is 2.70. The van der Waals surface area contributed by atoms with E-state index < -0.39 is 29.7 Å². The monoisotopic (exact) mass is 301 g/mol. The quantitative estimate of drug-likeness (QED) is 0.638. The number of hydrogen-bond acceptors (Lipinski definition) is 6. The molecule has 0 bridgehead atoms. The first-order valence-electron chi connectivity index (χ1n) is 6.96. The van der Waals surface area contributed by atoms with Crippen LogP contribution < -0.4 is 10.3 Å². The van der Waals surface area contributed by atoms with Crippen molar-refractivity contribution in [2.24, 2.45) is 11.0 Å². The number of esters is 1. The highest BCUT2D eigenvalue weighted by Crippen LogP contribution is 2.30. The second kappa shape index (κ2) is 5.25. The van der Waals surface area contributed by atoms with Crippen molar-refractivity contribution in [1.29, 1.82) is 0 Å². The number of aryl methyl sites for hydroxylation is 1. The molecule has 2 heterocycles. The Bertz CT molecular complexity index is 681. The lowest BCUT2D eigenvalue weighted by Crippen LogP contribution is -2.36. The van der Waals surface area contributed by atoms with Gasteiger partial charge >= 0.3 is 5.97 Å². The Morgan fingerprint density at radius 2 is 1.95 bits per heavy atom. The van der Waals surface area contributed by atoms with Crippen LogP contribution in [0.5, 0.6) is 0 Å². The van der Waals surface area contributed by atoms with E-state index in [2.05, 4.69) is 15.3 Å². The fourth-order valence-corrected chi connectivity index (χ4v) is 2.70. The summed E-state index contributed by atoms with van der Waals surface area (Å²) in [7, 11) is 1.21. The van der Waals surface area contributed by atoms with Crippen molar-refractivity contribution < 1.29 is 19.1 Å². The molecule has 2 aliphatic heterocycles. The highest BCUT2D eigenvalue weighted by molar-refractivity contribution is 6.46. The zero-order valence-electron chi connectivity index (χ0n) is 12.2. The number of rotatable bonds is 3. The predicted octanol–water partition coefficient (Wildman–Crippen LogP) is 0.239. The summed E-state index contributed by atoms with van der Waals surface area (Å²) in [4.78, 5) is 37.7. The minimum atomic E-state index is -0.925. The molecule has 0 aromatic heterocycles. The summed E-state index contributed by atoms with van der Waals surface area (Å²) in [5, 5.41) is 3.77. The van der Waals surface area contributed by atoms with Crippen LogP contribution in [0.1, 0.15) is 12.5 Å². The van der Waals surface area contributed by atoms with E-state index in [1.807, 2.05) is 19.1 Å². The van der Waals surface area contributed by atoms with Crippen LogP contribution in [-0.2, 0) is 25.5 Å². The summed E-state index contributed by atoms with van der Waals surface area (Å²) in [6, 6.07) is 6.35. The first kappa shape index (κ1) is 14.2. The average molecular weight is 301 g/mol. The van der Waals surface area contributed by atoms with Gasteiger partial charge in [-0.25, -0.2) is 9.69 Å². The van der Waals surface area contributed by atoms with Gasteiger partial charge in [0.25, 0.3) is 5.91 Å². The Kier molecular flexibility index (Phi) is 3.40. The third-order valence-electron chi connectivity index (χ3n) is 3.92. The van der Waals surface area contributed by atoms with Gasteiger partial charge in [-0.3, -0.25) is 15.0 Å². The second-order valence-corrected chi connectivity index (χ2v) is 5.10. The maximum Gasteiger partial charge on any atom is 0.355 e. The fraction of sp³-hybridized carbons (Fsp3) is 0.333. The Balaban J connectivity index is 1.92. The number of hydrogen-bond donors (Lipinski definition) is 1. The van der Waals surface area contributed by atoms with Crippen LogP contribution in [-0.4, -0.2) is 36.6 Å². The number of methoxy groups -OCH3 is 1. The van der Waals surface area contributed by atoms with Crippen LogP contribution in [0.3, 0.4) is 0 Å². The van der Waals surface area contributed by atoms with Gasteiger partial charge in [0.15, 0.2) is 5.71 Å². The molecule has 1 fully saturated rings. The van der Waals surface area contributed by atoms with E-state index in [9.17, 15) is 14.4 Å². The number of hydrazone groups is 1. The third kappa shape index (κ3) is 1.97. The van der Waals surface area contributed by atoms with Gasteiger partial charge in [-0.2, -0.15) is 5.10 Å². The zero-order valence-corrected chi connectivity index (χ0v) is 12.2. The topological polar surface area (TPSA) is 88.1 Å². The molecule has 3 rings (SSSR count). The van der Waals surface area contributed by atoms with Crippen LogP contribution in [0.2, 0.25) is 0 Å². The van der Waals surface area contributed by atoms with Crippen molar-refractivity contribution in [3.63, 3.8) is 0 Å². The molecule has 0 spiro atoms. The molecule has 22 heavy (non-hydrogen) atoms. The van der Waals surface area contributed by atoms with E-state index in [0.29, 0.717) is 5.69 Å². The number of benzene rings is 1. The number of anilines is 1. The lowest BCUT2D eigenvalue weighted by atomic mass is 9.99. The average Bonchev–Trinajstić information content (AvgIpc) is 3.08. The molecule has 1 saturated heterocycles. The van der Waals surface area contributed by atoms with Gasteiger partial charge in [-0.05, 0) is 24.1 Å². The van der Waals surface area contributed by atoms with Crippen LogP contribution in [0.25, 0.3) is 0 Å². The van der Waals surface area contributed by atoms with Gasteiger partial charge in [0.1, 0.15) is 12.0 Å². The minimum absolute atomic E-state index is 0.0569. The third-order valence-corrected chi connectivity index (χ3v) is 3.92. The summed E-state index contributed by atoms with van der Waals surface area (Å²) >= 11 is 0. The smallest absolute Gasteiger partial charge is 0.355 e. The van der Waals surface area contributed by atoms with E-state index in [4.69, 9.17) is 0 Å². The molecule has 114 valence electrons. The number of fused-ring (bicyclic) bond motifs is 1. The summed E-state index contributed by atoms with van der Waals surface area (Å²) in [5.41, 5.74) is 4.11. The van der Waals surface area contributed by atoms with Gasteiger partial charge < -0.3 is 4.74 Å². The van der Waals surface area contributed by atoms with Crippen molar-refractivity contribution >= 4 is 29.2 Å². The molecule has 1 N–H and O–H groups in total. The number of ether oxygens (including phenoxy) is 1. The molecule has 1 aromatic carbocycles. The summed E-state index contributed by atoms with van der Waals surface area (Å²) in [6.45, 7) is 2.02. The number of carbonyl (C=O) groups excluding carboxylic acids is 3. The van der Waals surface area contributed by atoms with Crippen molar-refractivity contribution in [3.8, 4) is 0 Å². The lowest BCUT2D eigenvalue weighted by Gasteiger charge is -2.15. The Morgan fingerprint density at radius 1 is 1.27 bits per heavy atom. The molecular formula is C15H15N3O4. The van der Waals surface area contributed by atoms with Crippen molar-refractivity contribution in [1.82, 2.24) is 5.43 Å². The van der Waals surface area contributed by atoms with Gasteiger partial charge in [0.2, 0.25) is 5.91 Å². The standard InChI is InChI=1S/C15H15N3O4/c1-3-8-4-6-9(7-5-8)18-13(19)10-11(14(18)20)16-17-12(10)15(21)22-2/h4-7,10-11,16H,3H2,1-2H3/t10-,11-/m0/s1. The molecule has 0 saturated carbocycles. The van der Waals surface area contributed by atoms with Gasteiger partial charge in [-0.1, -0.05) is 19.1 Å². The van der Waals surface area contributed by atoms with Gasteiger partial charge in [0, 0.05) is 0 Å². The minimum Gasteiger partial charge on any atom is -0.464 e. The Hall–Kier alpha value is -2.70. The number of nitrogens with one attached hydrogen (secondary N) is 1. The molecule has 0 unspecified atom stereocenters. The highest BCUT2D eigenvalue weighted by Gasteiger charge is 2.55. The lowest BCUT2D eigenvalue weighted by molar-refractivity contribution is -0.133. The Morgan fingerprint density at radius 3 is 2.55 bits per heavy atom. The zero-order chi connectivity index (χ0) is 15.9. The van der Waals surface area contributed by atoms with E-state index in [1.165, 1.54) is 7.11 Å². The normalized spacial score (nSPS) is 23.2. The molecule has 1 aromatic rings. The first-order valence-corrected chi connectivity index (χ1v) is 6.96. The number of amides is 2. The Labute approximate surface area is 126 Å². The van der Waals surface area contributed by atoms with E-state index in [1.54, 1.807) is 12.1 Å². The molecule has 7 heteroatoms. The maximum absolute atomic E-state index is 12.6. The summed E-state index contributed by atoms with van der Waals surface area (Å²) in [5.74, 6) is -2.51. The van der Waals surface area contributed by atoms with Crippen molar-refractivity contribution in [2.45, 2.75) is 19.4 Å². The van der Waals surface area contributed by atoms with Gasteiger partial charge in [-0.15, -0.1) is 0 Å². The molecule has 0 radical (unpaired) electrons. The SMILES string of the molecule is CCc1ccc(N2C(=O)[C@@H]3C(C(=O)OC)=NN[C@@H]3C2=O)cc1. The highest BCUT2D eigenvalue weighted by atomic mass is 16.5. The van der Waals surface area contributed by atoms with Gasteiger partial charge in [0.05, 0.1) is 12.8 Å². The summed E-state index contributed by atoms with van der Waals surface area (Å²) < 4.78 is 4.61. The van der Waals surface area contributed by atoms with Crippen LogP contribution in [0, 0.1) is 5.92 Å². The van der Waals surface area contributed by atoms with Crippen LogP contribution >= 0.6 is 0 Å². The largest absolute Gasteiger partial charge is 0.464 e. The van der Waals surface area contributed by atoms with Crippen LogP contribution in [0.15, 0.2) is 29.4 Å². The second-order valence-electron chi connectivity index (χ2n) is 5.10. The van der Waals surface area contributed by atoms with E-state index in [-0.39, 0.29) is 5.71 Å². The van der Waals surface area contributed by atoms with E-state index in [0.717, 1.165) is 16.9 Å². The van der Waals surface area contributed by atoms with Crippen molar-refractivity contribution in [2.75, 3.05) is 12.0 Å². The predicted molar refractivity (Wildman–Crippen MR) is 78.2 cm³/mol. The molecule has 7 nitrogen and oxygen atoms in total. The number of nitrogens with zero attached hydrogens (tertiary/aromatic N) is 2. The molecule has 2 amide bonds. The molecule has 2 atom stereocenters. The molecular weight excluding hydrogens is 286 g/mol. The number of imide groups is 1. The van der Waals surface area contributed by atoms with E-state index >= 15 is 0 Å². The van der Waals surface area contributed by atoms with Crippen LogP contribution in [0.4, 0.5) is 5.69 Å².